The van der Waals surface area contributed by atoms with Crippen LogP contribution in [0.1, 0.15) is 5.56 Å². The van der Waals surface area contributed by atoms with Gasteiger partial charge in [-0.25, -0.2) is 4.39 Å². The molecule has 0 fully saturated rings. The van der Waals surface area contributed by atoms with Gasteiger partial charge in [0.05, 0.1) is 23.8 Å². The first kappa shape index (κ1) is 16.4. The summed E-state index contributed by atoms with van der Waals surface area (Å²) >= 11 is 6.09. The molecule has 2 aromatic carbocycles. The molecule has 0 aliphatic carbocycles. The topological polar surface area (TPSA) is 57.4 Å². The maximum absolute atomic E-state index is 14.3. The summed E-state index contributed by atoms with van der Waals surface area (Å²) in [4.78, 5) is 9.22. The average Bonchev–Trinajstić information content (AvgIpc) is 2.69. The number of hydroxylamine groups is 2. The van der Waals surface area contributed by atoms with Gasteiger partial charge >= 0.3 is 0 Å². The van der Waals surface area contributed by atoms with Crippen LogP contribution in [0.5, 0.6) is 0 Å². The zero-order valence-electron chi connectivity index (χ0n) is 12.9. The molecule has 1 atom stereocenters. The highest BCUT2D eigenvalue weighted by Gasteiger charge is 2.21. The van der Waals surface area contributed by atoms with Crippen LogP contribution in [0.2, 0.25) is 5.02 Å². The minimum absolute atomic E-state index is 0.100. The van der Waals surface area contributed by atoms with E-state index in [0.717, 1.165) is 5.06 Å². The Labute approximate surface area is 142 Å². The Morgan fingerprint density at radius 2 is 2.17 bits per heavy atom. The SMILES string of the molecule is CO/N=C/C1CN(O)C(c2ccccc2F)=c2cc(Cl)ccc2=N1. The highest BCUT2D eigenvalue weighted by atomic mass is 35.5. The number of hydrogen-bond acceptors (Lipinski definition) is 5. The first-order valence-electron chi connectivity index (χ1n) is 7.26. The third kappa shape index (κ3) is 3.25. The average molecular weight is 348 g/mol. The summed E-state index contributed by atoms with van der Waals surface area (Å²) in [5.74, 6) is -0.443. The largest absolute Gasteiger partial charge is 0.399 e. The van der Waals surface area contributed by atoms with E-state index >= 15 is 0 Å². The van der Waals surface area contributed by atoms with Crippen molar-refractivity contribution in [3.8, 4) is 0 Å². The lowest BCUT2D eigenvalue weighted by Crippen LogP contribution is -2.32. The molecule has 124 valence electrons. The van der Waals surface area contributed by atoms with Gasteiger partial charge in [-0.15, -0.1) is 0 Å². The third-order valence-corrected chi connectivity index (χ3v) is 3.84. The van der Waals surface area contributed by atoms with Crippen molar-refractivity contribution in [1.82, 2.24) is 5.06 Å². The van der Waals surface area contributed by atoms with E-state index in [1.54, 1.807) is 36.4 Å². The first-order valence-corrected chi connectivity index (χ1v) is 7.63. The number of nitrogens with zero attached hydrogens (tertiary/aromatic N) is 3. The fraction of sp³-hybridized carbons (Fsp3) is 0.176. The second kappa shape index (κ2) is 6.98. The normalized spacial score (nSPS) is 17.4. The lowest BCUT2D eigenvalue weighted by atomic mass is 10.1. The van der Waals surface area contributed by atoms with E-state index in [0.29, 0.717) is 21.3 Å². The van der Waals surface area contributed by atoms with Crippen LogP contribution in [0.4, 0.5) is 4.39 Å². The van der Waals surface area contributed by atoms with Crippen molar-refractivity contribution in [3.05, 3.63) is 69.4 Å². The molecule has 0 spiro atoms. The molecule has 0 aromatic heterocycles. The number of halogens is 2. The van der Waals surface area contributed by atoms with Crippen LogP contribution < -0.4 is 10.6 Å². The van der Waals surface area contributed by atoms with Crippen LogP contribution in [0.25, 0.3) is 5.70 Å². The molecule has 0 bridgehead atoms. The highest BCUT2D eigenvalue weighted by molar-refractivity contribution is 6.30. The molecule has 1 aliphatic heterocycles. The van der Waals surface area contributed by atoms with E-state index in [9.17, 15) is 9.60 Å². The highest BCUT2D eigenvalue weighted by Crippen LogP contribution is 2.19. The Bertz CT molecular complexity index is 901. The van der Waals surface area contributed by atoms with E-state index in [2.05, 4.69) is 15.0 Å². The number of benzene rings is 2. The molecular formula is C17H15ClFN3O2. The van der Waals surface area contributed by atoms with Gasteiger partial charge < -0.3 is 4.84 Å². The summed E-state index contributed by atoms with van der Waals surface area (Å²) in [6.45, 7) is 0.100. The second-order valence-corrected chi connectivity index (χ2v) is 5.64. The van der Waals surface area contributed by atoms with E-state index in [-0.39, 0.29) is 12.1 Å². The summed E-state index contributed by atoms with van der Waals surface area (Å²) in [5, 5.41) is 16.8. The van der Waals surface area contributed by atoms with Crippen LogP contribution in [0.3, 0.4) is 0 Å². The number of rotatable bonds is 3. The summed E-state index contributed by atoms with van der Waals surface area (Å²) < 4.78 is 14.3. The molecule has 0 saturated carbocycles. The summed E-state index contributed by atoms with van der Waals surface area (Å²) in [5.41, 5.74) is 0.575. The summed E-state index contributed by atoms with van der Waals surface area (Å²) in [6, 6.07) is 10.9. The van der Waals surface area contributed by atoms with Gasteiger partial charge in [0.2, 0.25) is 0 Å². The summed E-state index contributed by atoms with van der Waals surface area (Å²) in [6.07, 6.45) is 1.48. The molecule has 7 heteroatoms. The molecule has 5 nitrogen and oxygen atoms in total. The zero-order valence-corrected chi connectivity index (χ0v) is 13.6. The number of hydrogen-bond donors (Lipinski definition) is 1. The van der Waals surface area contributed by atoms with Crippen molar-refractivity contribution < 1.29 is 14.4 Å². The zero-order chi connectivity index (χ0) is 17.1. The molecule has 1 heterocycles. The van der Waals surface area contributed by atoms with E-state index in [1.165, 1.54) is 19.4 Å². The fourth-order valence-corrected chi connectivity index (χ4v) is 2.76. The predicted octanol–water partition coefficient (Wildman–Crippen LogP) is 1.96. The Balaban J connectivity index is 2.31. The molecular weight excluding hydrogens is 333 g/mol. The minimum Gasteiger partial charge on any atom is -0.399 e. The molecule has 1 N–H and O–H groups in total. The number of fused-ring (bicyclic) bond motifs is 1. The van der Waals surface area contributed by atoms with Crippen molar-refractivity contribution in [3.63, 3.8) is 0 Å². The van der Waals surface area contributed by atoms with Gasteiger partial charge in [-0.2, -0.15) is 0 Å². The Morgan fingerprint density at radius 1 is 1.38 bits per heavy atom. The Morgan fingerprint density at radius 3 is 2.92 bits per heavy atom. The van der Waals surface area contributed by atoms with Crippen molar-refractivity contribution in [1.29, 1.82) is 0 Å². The Kier molecular flexibility index (Phi) is 4.78. The number of oxime groups is 1. The minimum atomic E-state index is -0.459. The third-order valence-electron chi connectivity index (χ3n) is 3.60. The van der Waals surface area contributed by atoms with Gasteiger partial charge in [-0.1, -0.05) is 28.9 Å². The van der Waals surface area contributed by atoms with E-state index in [4.69, 9.17) is 11.6 Å². The van der Waals surface area contributed by atoms with Crippen LogP contribution in [0, 0.1) is 5.82 Å². The summed E-state index contributed by atoms with van der Waals surface area (Å²) in [7, 11) is 1.43. The van der Waals surface area contributed by atoms with Crippen LogP contribution in [0.15, 0.2) is 52.6 Å². The second-order valence-electron chi connectivity index (χ2n) is 5.21. The van der Waals surface area contributed by atoms with Gasteiger partial charge in [0, 0.05) is 15.8 Å². The smallest absolute Gasteiger partial charge is 0.132 e. The molecule has 1 aliphatic rings. The van der Waals surface area contributed by atoms with Crippen molar-refractivity contribution in [2.24, 2.45) is 10.1 Å². The Hall–Kier alpha value is -2.44. The van der Waals surface area contributed by atoms with Gasteiger partial charge in [-0.3, -0.25) is 15.3 Å². The van der Waals surface area contributed by atoms with Crippen molar-refractivity contribution >= 4 is 23.5 Å². The van der Waals surface area contributed by atoms with E-state index in [1.807, 2.05) is 0 Å². The van der Waals surface area contributed by atoms with Crippen LogP contribution in [-0.4, -0.2) is 36.2 Å². The maximum Gasteiger partial charge on any atom is 0.132 e. The van der Waals surface area contributed by atoms with Gasteiger partial charge in [0.15, 0.2) is 0 Å². The van der Waals surface area contributed by atoms with Crippen LogP contribution >= 0.6 is 11.6 Å². The van der Waals surface area contributed by atoms with Crippen molar-refractivity contribution in [2.45, 2.75) is 6.04 Å². The van der Waals surface area contributed by atoms with Gasteiger partial charge in [0.1, 0.15) is 19.0 Å². The van der Waals surface area contributed by atoms with Gasteiger partial charge in [0.25, 0.3) is 0 Å². The quantitative estimate of drug-likeness (QED) is 0.682. The lowest BCUT2D eigenvalue weighted by Gasteiger charge is -2.21. The van der Waals surface area contributed by atoms with Crippen molar-refractivity contribution in [2.75, 3.05) is 13.7 Å². The van der Waals surface area contributed by atoms with E-state index < -0.39 is 11.9 Å². The van der Waals surface area contributed by atoms with Crippen LogP contribution in [-0.2, 0) is 4.84 Å². The first-order chi connectivity index (χ1) is 11.6. The standard InChI is InChI=1S/C17H15ClFN3O2/c1-24-20-9-12-10-22(23)17(13-4-2-3-5-15(13)19)14-8-11(18)6-7-16(14)21-12/h2-9,12,23H,10H2,1H3/b20-9+. The molecule has 0 radical (unpaired) electrons. The molecule has 1 unspecified atom stereocenters. The predicted molar refractivity (Wildman–Crippen MR) is 88.9 cm³/mol. The maximum atomic E-state index is 14.3. The molecule has 2 aromatic rings. The molecule has 0 saturated heterocycles. The molecule has 24 heavy (non-hydrogen) atoms. The fourth-order valence-electron chi connectivity index (χ4n) is 2.59. The molecule has 0 amide bonds. The molecule has 3 rings (SSSR count). The lowest BCUT2D eigenvalue weighted by molar-refractivity contribution is -0.0275. The van der Waals surface area contributed by atoms with Gasteiger partial charge in [-0.05, 0) is 30.3 Å². The monoisotopic (exact) mass is 347 g/mol.